The number of nitrogens with zero attached hydrogens (tertiary/aromatic N) is 1. The number of aromatic hydroxyl groups is 1. The molecule has 118 valence electrons. The lowest BCUT2D eigenvalue weighted by molar-refractivity contribution is 0.413. The molecule has 0 aliphatic carbocycles. The molecule has 0 aliphatic rings. The van der Waals surface area contributed by atoms with E-state index in [0.717, 1.165) is 17.0 Å². The minimum Gasteiger partial charge on any atom is -0.507 e. The number of ether oxygens (including phenoxy) is 2. The zero-order valence-electron chi connectivity index (χ0n) is 13.1. The number of aryl methyl sites for hydroxylation is 1. The number of halogens is 1. The summed E-state index contributed by atoms with van der Waals surface area (Å²) in [5.74, 6) is 2.03. The van der Waals surface area contributed by atoms with Crippen LogP contribution in [0.3, 0.4) is 0 Å². The molecule has 3 aromatic rings. The maximum atomic E-state index is 10.3. The summed E-state index contributed by atoms with van der Waals surface area (Å²) < 4.78 is 10.9. The first kappa shape index (κ1) is 15.4. The number of rotatable bonds is 3. The van der Waals surface area contributed by atoms with Crippen molar-refractivity contribution in [3.05, 3.63) is 52.7 Å². The SMILES string of the molecule is COc1ccc(Oc2cc3c(O)c(C)c(C)nc3cc2Cl)cc1. The van der Waals surface area contributed by atoms with Crippen molar-refractivity contribution in [1.29, 1.82) is 0 Å². The summed E-state index contributed by atoms with van der Waals surface area (Å²) in [5, 5.41) is 11.4. The molecule has 4 nitrogen and oxygen atoms in total. The molecule has 1 aromatic heterocycles. The number of methoxy groups -OCH3 is 1. The first-order chi connectivity index (χ1) is 11.0. The largest absolute Gasteiger partial charge is 0.507 e. The van der Waals surface area contributed by atoms with Crippen molar-refractivity contribution in [3.8, 4) is 23.0 Å². The Morgan fingerprint density at radius 2 is 1.70 bits per heavy atom. The fourth-order valence-corrected chi connectivity index (χ4v) is 2.51. The molecular weight excluding hydrogens is 314 g/mol. The van der Waals surface area contributed by atoms with Gasteiger partial charge in [-0.3, -0.25) is 4.98 Å². The second kappa shape index (κ2) is 5.97. The van der Waals surface area contributed by atoms with Crippen LogP contribution in [-0.2, 0) is 0 Å². The molecule has 0 saturated carbocycles. The Labute approximate surface area is 139 Å². The van der Waals surface area contributed by atoms with E-state index in [0.29, 0.717) is 27.4 Å². The van der Waals surface area contributed by atoms with Crippen molar-refractivity contribution < 1.29 is 14.6 Å². The van der Waals surface area contributed by atoms with Crippen molar-refractivity contribution in [1.82, 2.24) is 4.98 Å². The number of aromatic nitrogens is 1. The summed E-state index contributed by atoms with van der Waals surface area (Å²) in [7, 11) is 1.61. The average molecular weight is 330 g/mol. The molecule has 0 fully saturated rings. The van der Waals surface area contributed by atoms with Gasteiger partial charge in [-0.2, -0.15) is 0 Å². The van der Waals surface area contributed by atoms with Crippen LogP contribution in [0, 0.1) is 13.8 Å². The van der Waals surface area contributed by atoms with Crippen molar-refractivity contribution in [3.63, 3.8) is 0 Å². The van der Waals surface area contributed by atoms with Gasteiger partial charge in [0.1, 0.15) is 23.0 Å². The molecule has 0 amide bonds. The molecule has 0 spiro atoms. The summed E-state index contributed by atoms with van der Waals surface area (Å²) >= 11 is 6.28. The van der Waals surface area contributed by atoms with Gasteiger partial charge in [-0.25, -0.2) is 0 Å². The van der Waals surface area contributed by atoms with Crippen LogP contribution in [-0.4, -0.2) is 17.2 Å². The van der Waals surface area contributed by atoms with Crippen LogP contribution in [0.5, 0.6) is 23.0 Å². The number of hydrogen-bond donors (Lipinski definition) is 1. The Balaban J connectivity index is 2.05. The predicted octanol–water partition coefficient (Wildman–Crippen LogP) is 5.01. The van der Waals surface area contributed by atoms with Crippen molar-refractivity contribution >= 4 is 22.5 Å². The molecule has 5 heteroatoms. The zero-order chi connectivity index (χ0) is 16.6. The monoisotopic (exact) mass is 329 g/mol. The molecule has 3 rings (SSSR count). The van der Waals surface area contributed by atoms with Crippen LogP contribution in [0.25, 0.3) is 10.9 Å². The van der Waals surface area contributed by atoms with E-state index in [2.05, 4.69) is 4.98 Å². The van der Waals surface area contributed by atoms with E-state index < -0.39 is 0 Å². The van der Waals surface area contributed by atoms with E-state index in [4.69, 9.17) is 21.1 Å². The van der Waals surface area contributed by atoms with E-state index in [1.807, 2.05) is 13.8 Å². The van der Waals surface area contributed by atoms with Crippen LogP contribution in [0.4, 0.5) is 0 Å². The minimum atomic E-state index is 0.198. The van der Waals surface area contributed by atoms with Crippen LogP contribution in [0.15, 0.2) is 36.4 Å². The van der Waals surface area contributed by atoms with Crippen LogP contribution < -0.4 is 9.47 Å². The first-order valence-corrected chi connectivity index (χ1v) is 7.48. The molecular formula is C18H16ClNO3. The average Bonchev–Trinajstić information content (AvgIpc) is 2.55. The second-order valence-corrected chi connectivity index (χ2v) is 5.66. The summed E-state index contributed by atoms with van der Waals surface area (Å²) in [6.07, 6.45) is 0. The van der Waals surface area contributed by atoms with Crippen LogP contribution in [0.1, 0.15) is 11.3 Å². The molecule has 23 heavy (non-hydrogen) atoms. The van der Waals surface area contributed by atoms with E-state index >= 15 is 0 Å². The quantitative estimate of drug-likeness (QED) is 0.733. The van der Waals surface area contributed by atoms with Gasteiger partial charge in [0.05, 0.1) is 17.6 Å². The Kier molecular flexibility index (Phi) is 4.01. The molecule has 1 heterocycles. The summed E-state index contributed by atoms with van der Waals surface area (Å²) in [4.78, 5) is 4.45. The Bertz CT molecular complexity index is 876. The van der Waals surface area contributed by atoms with Crippen molar-refractivity contribution in [2.45, 2.75) is 13.8 Å². The zero-order valence-corrected chi connectivity index (χ0v) is 13.8. The van der Waals surface area contributed by atoms with Crippen LogP contribution in [0.2, 0.25) is 5.02 Å². The van der Waals surface area contributed by atoms with Gasteiger partial charge in [0.25, 0.3) is 0 Å². The highest BCUT2D eigenvalue weighted by molar-refractivity contribution is 6.32. The summed E-state index contributed by atoms with van der Waals surface area (Å²) in [6.45, 7) is 3.68. The molecule has 0 radical (unpaired) electrons. The van der Waals surface area contributed by atoms with Crippen LogP contribution >= 0.6 is 11.6 Å². The molecule has 0 atom stereocenters. The van der Waals surface area contributed by atoms with Gasteiger partial charge in [0.2, 0.25) is 0 Å². The third-order valence-electron chi connectivity index (χ3n) is 3.78. The van der Waals surface area contributed by atoms with Gasteiger partial charge >= 0.3 is 0 Å². The van der Waals surface area contributed by atoms with E-state index in [9.17, 15) is 5.11 Å². The number of pyridine rings is 1. The van der Waals surface area contributed by atoms with Gasteiger partial charge in [0.15, 0.2) is 0 Å². The second-order valence-electron chi connectivity index (χ2n) is 5.25. The third kappa shape index (κ3) is 2.90. The van der Waals surface area contributed by atoms with Gasteiger partial charge in [0, 0.05) is 16.6 Å². The smallest absolute Gasteiger partial charge is 0.146 e. The third-order valence-corrected chi connectivity index (χ3v) is 4.07. The Morgan fingerprint density at radius 3 is 2.35 bits per heavy atom. The standard InChI is InChI=1S/C18H16ClNO3/c1-10-11(2)20-16-9-15(19)17(8-14(16)18(10)21)23-13-6-4-12(22-3)5-7-13/h4-9H,1-3H3,(H,20,21). The molecule has 0 aliphatic heterocycles. The molecule has 0 unspecified atom stereocenters. The molecule has 0 saturated heterocycles. The number of fused-ring (bicyclic) bond motifs is 1. The van der Waals surface area contributed by atoms with Gasteiger partial charge in [-0.15, -0.1) is 0 Å². The topological polar surface area (TPSA) is 51.6 Å². The molecule has 2 aromatic carbocycles. The molecule has 0 bridgehead atoms. The summed E-state index contributed by atoms with van der Waals surface area (Å²) in [6, 6.07) is 10.6. The predicted molar refractivity (Wildman–Crippen MR) is 91.0 cm³/mol. The highest BCUT2D eigenvalue weighted by atomic mass is 35.5. The Hall–Kier alpha value is -2.46. The maximum Gasteiger partial charge on any atom is 0.146 e. The van der Waals surface area contributed by atoms with Gasteiger partial charge in [-0.05, 0) is 50.2 Å². The molecule has 1 N–H and O–H groups in total. The maximum absolute atomic E-state index is 10.3. The van der Waals surface area contributed by atoms with Crippen molar-refractivity contribution in [2.24, 2.45) is 0 Å². The summed E-state index contributed by atoms with van der Waals surface area (Å²) in [5.41, 5.74) is 2.16. The fraction of sp³-hybridized carbons (Fsp3) is 0.167. The fourth-order valence-electron chi connectivity index (χ4n) is 2.31. The highest BCUT2D eigenvalue weighted by Crippen LogP contribution is 2.38. The minimum absolute atomic E-state index is 0.198. The lowest BCUT2D eigenvalue weighted by Crippen LogP contribution is -1.92. The highest BCUT2D eigenvalue weighted by Gasteiger charge is 2.13. The van der Waals surface area contributed by atoms with E-state index in [1.165, 1.54) is 0 Å². The Morgan fingerprint density at radius 1 is 1.04 bits per heavy atom. The van der Waals surface area contributed by atoms with Crippen molar-refractivity contribution in [2.75, 3.05) is 7.11 Å². The van der Waals surface area contributed by atoms with E-state index in [1.54, 1.807) is 43.5 Å². The lowest BCUT2D eigenvalue weighted by atomic mass is 10.1. The number of hydrogen-bond acceptors (Lipinski definition) is 4. The van der Waals surface area contributed by atoms with Gasteiger partial charge < -0.3 is 14.6 Å². The normalized spacial score (nSPS) is 10.8. The lowest BCUT2D eigenvalue weighted by Gasteiger charge is -2.12. The number of benzene rings is 2. The van der Waals surface area contributed by atoms with E-state index in [-0.39, 0.29) is 5.75 Å². The first-order valence-electron chi connectivity index (χ1n) is 7.11. The van der Waals surface area contributed by atoms with Gasteiger partial charge in [-0.1, -0.05) is 11.6 Å².